The first-order valence-corrected chi connectivity index (χ1v) is 9.29. The molecule has 6 nitrogen and oxygen atoms in total. The number of amides is 2. The molecule has 1 aliphatic rings. The zero-order valence-electron chi connectivity index (χ0n) is 16.3. The molecular formula is C21H14Cl2F3N3O3. The van der Waals surface area contributed by atoms with E-state index in [9.17, 15) is 22.8 Å². The Labute approximate surface area is 191 Å². The van der Waals surface area contributed by atoms with Gasteiger partial charge in [0.2, 0.25) is 11.8 Å². The Hall–Kier alpha value is -3.17. The van der Waals surface area contributed by atoms with Crippen LogP contribution in [0.15, 0.2) is 54.9 Å². The second-order valence-corrected chi connectivity index (χ2v) is 7.12. The Balaban J connectivity index is 0.00000289. The molecule has 0 saturated heterocycles. The first kappa shape index (κ1) is 23.5. The van der Waals surface area contributed by atoms with Gasteiger partial charge in [-0.3, -0.25) is 14.6 Å². The van der Waals surface area contributed by atoms with E-state index >= 15 is 0 Å². The number of methoxy groups -OCH3 is 1. The number of benzene rings is 1. The zero-order valence-corrected chi connectivity index (χ0v) is 17.8. The van der Waals surface area contributed by atoms with E-state index in [1.807, 2.05) is 0 Å². The largest absolute Gasteiger partial charge is 0.481 e. The molecule has 166 valence electrons. The molecule has 1 aromatic carbocycles. The minimum absolute atomic E-state index is 0. The van der Waals surface area contributed by atoms with Gasteiger partial charge in [0.15, 0.2) is 0 Å². The molecule has 11 heteroatoms. The zero-order chi connectivity index (χ0) is 22.3. The number of carbonyl (C=O) groups is 2. The van der Waals surface area contributed by atoms with Crippen molar-refractivity contribution in [3.05, 3.63) is 82.3 Å². The molecule has 1 atom stereocenters. The van der Waals surface area contributed by atoms with Crippen molar-refractivity contribution in [3.8, 4) is 5.88 Å². The lowest BCUT2D eigenvalue weighted by Gasteiger charge is -2.32. The fourth-order valence-electron chi connectivity index (χ4n) is 3.35. The predicted molar refractivity (Wildman–Crippen MR) is 112 cm³/mol. The van der Waals surface area contributed by atoms with Crippen molar-refractivity contribution in [2.24, 2.45) is 0 Å². The Morgan fingerprint density at radius 1 is 1.03 bits per heavy atom. The number of rotatable bonds is 3. The van der Waals surface area contributed by atoms with Crippen LogP contribution in [0.4, 0.5) is 18.9 Å². The van der Waals surface area contributed by atoms with Crippen LogP contribution >= 0.6 is 24.0 Å². The molecule has 3 heterocycles. The van der Waals surface area contributed by atoms with E-state index in [-0.39, 0.29) is 35.2 Å². The van der Waals surface area contributed by atoms with Gasteiger partial charge in [0.1, 0.15) is 5.69 Å². The van der Waals surface area contributed by atoms with Crippen LogP contribution in [0.3, 0.4) is 0 Å². The normalized spacial score (nSPS) is 15.8. The van der Waals surface area contributed by atoms with Gasteiger partial charge in [-0.1, -0.05) is 23.7 Å². The molecular weight excluding hydrogens is 470 g/mol. The minimum Gasteiger partial charge on any atom is -0.481 e. The molecule has 2 aromatic heterocycles. The fourth-order valence-corrected chi connectivity index (χ4v) is 3.48. The van der Waals surface area contributed by atoms with E-state index < -0.39 is 29.5 Å². The van der Waals surface area contributed by atoms with Crippen molar-refractivity contribution in [1.29, 1.82) is 0 Å². The highest BCUT2D eigenvalue weighted by molar-refractivity contribution is 6.30. The Kier molecular flexibility index (Phi) is 6.43. The summed E-state index contributed by atoms with van der Waals surface area (Å²) in [4.78, 5) is 35.1. The van der Waals surface area contributed by atoms with Gasteiger partial charge in [-0.15, -0.1) is 12.4 Å². The molecule has 0 radical (unpaired) electrons. The number of ether oxygens (including phenoxy) is 1. The summed E-state index contributed by atoms with van der Waals surface area (Å²) in [6.45, 7) is 0. The summed E-state index contributed by atoms with van der Waals surface area (Å²) in [5.41, 5.74) is -0.906. The van der Waals surface area contributed by atoms with Crippen molar-refractivity contribution < 1.29 is 27.5 Å². The Bertz CT molecular complexity index is 1170. The molecule has 0 bridgehead atoms. The van der Waals surface area contributed by atoms with Crippen molar-refractivity contribution in [1.82, 2.24) is 9.97 Å². The van der Waals surface area contributed by atoms with E-state index in [2.05, 4.69) is 9.97 Å². The van der Waals surface area contributed by atoms with Gasteiger partial charge in [-0.2, -0.15) is 13.2 Å². The molecule has 1 unspecified atom stereocenters. The quantitative estimate of drug-likeness (QED) is 0.495. The van der Waals surface area contributed by atoms with E-state index in [4.69, 9.17) is 16.3 Å². The van der Waals surface area contributed by atoms with Crippen molar-refractivity contribution in [2.45, 2.75) is 12.1 Å². The van der Waals surface area contributed by atoms with Crippen molar-refractivity contribution in [3.63, 3.8) is 0 Å². The molecule has 2 amide bonds. The predicted octanol–water partition coefficient (Wildman–Crippen LogP) is 4.90. The van der Waals surface area contributed by atoms with Crippen LogP contribution in [-0.4, -0.2) is 28.9 Å². The number of fused-ring (bicyclic) bond motifs is 1. The van der Waals surface area contributed by atoms with Crippen molar-refractivity contribution >= 4 is 41.5 Å². The van der Waals surface area contributed by atoms with Gasteiger partial charge in [0.05, 0.1) is 30.5 Å². The third-order valence-corrected chi connectivity index (χ3v) is 5.07. The van der Waals surface area contributed by atoms with Crippen LogP contribution in [0.25, 0.3) is 0 Å². The highest BCUT2D eigenvalue weighted by atomic mass is 35.5. The van der Waals surface area contributed by atoms with Crippen molar-refractivity contribution in [2.75, 3.05) is 12.0 Å². The summed E-state index contributed by atoms with van der Waals surface area (Å²) in [7, 11) is 1.41. The van der Waals surface area contributed by atoms with Crippen LogP contribution in [0, 0.1) is 0 Å². The third kappa shape index (κ3) is 4.13. The van der Waals surface area contributed by atoms with Gasteiger partial charge >= 0.3 is 6.18 Å². The first-order chi connectivity index (χ1) is 14.7. The molecule has 0 spiro atoms. The van der Waals surface area contributed by atoms with Crippen LogP contribution in [-0.2, 0) is 11.0 Å². The Morgan fingerprint density at radius 3 is 2.28 bits per heavy atom. The maximum absolute atomic E-state index is 13.4. The highest BCUT2D eigenvalue weighted by Crippen LogP contribution is 2.39. The minimum atomic E-state index is -4.68. The molecule has 0 fully saturated rings. The van der Waals surface area contributed by atoms with E-state index in [0.29, 0.717) is 16.8 Å². The van der Waals surface area contributed by atoms with Crippen LogP contribution in [0.2, 0.25) is 5.02 Å². The lowest BCUT2D eigenvalue weighted by Crippen LogP contribution is -2.46. The van der Waals surface area contributed by atoms with Gasteiger partial charge in [-0.05, 0) is 29.8 Å². The molecule has 32 heavy (non-hydrogen) atoms. The summed E-state index contributed by atoms with van der Waals surface area (Å²) >= 11 is 5.92. The van der Waals surface area contributed by atoms with Gasteiger partial charge in [0, 0.05) is 22.8 Å². The van der Waals surface area contributed by atoms with E-state index in [1.165, 1.54) is 49.7 Å². The molecule has 3 aromatic rings. The summed E-state index contributed by atoms with van der Waals surface area (Å²) in [5.74, 6) is -2.50. The lowest BCUT2D eigenvalue weighted by atomic mass is 9.85. The summed E-state index contributed by atoms with van der Waals surface area (Å²) in [6, 6.07) is 9.78. The average Bonchev–Trinajstić information content (AvgIpc) is 2.74. The number of anilines is 1. The van der Waals surface area contributed by atoms with E-state index in [1.54, 1.807) is 0 Å². The van der Waals surface area contributed by atoms with Crippen LogP contribution in [0.1, 0.15) is 33.1 Å². The van der Waals surface area contributed by atoms with E-state index in [0.717, 1.165) is 11.0 Å². The summed E-state index contributed by atoms with van der Waals surface area (Å²) in [5, 5.41) is 0.390. The van der Waals surface area contributed by atoms with Crippen LogP contribution < -0.4 is 9.64 Å². The average molecular weight is 484 g/mol. The summed E-state index contributed by atoms with van der Waals surface area (Å²) in [6.07, 6.45) is -2.84. The lowest BCUT2D eigenvalue weighted by molar-refractivity contribution is -0.138. The highest BCUT2D eigenvalue weighted by Gasteiger charge is 2.43. The molecule has 0 N–H and O–H groups in total. The SMILES string of the molecule is COc1ccc(N2C(=O)c3ncc(C(F)(F)F)cc3C(c3ccc(Cl)cc3)C2=O)cn1.Cl. The monoisotopic (exact) mass is 483 g/mol. The molecule has 0 saturated carbocycles. The number of nitrogens with zero attached hydrogens (tertiary/aromatic N) is 3. The van der Waals surface area contributed by atoms with Gasteiger partial charge in [0.25, 0.3) is 5.91 Å². The first-order valence-electron chi connectivity index (χ1n) is 8.91. The topological polar surface area (TPSA) is 72.4 Å². The standard InChI is InChI=1S/C21H13ClF3N3O3.ClH/c1-31-16-7-6-14(10-26-16)28-19(29)17(11-2-4-13(22)5-3-11)15-8-12(21(23,24)25)9-27-18(15)20(28)30;/h2-10,17H,1H3;1H. The second kappa shape index (κ2) is 8.76. The number of hydrogen-bond donors (Lipinski definition) is 0. The number of alkyl halides is 3. The molecule has 4 rings (SSSR count). The smallest absolute Gasteiger partial charge is 0.417 e. The number of carbonyl (C=O) groups excluding carboxylic acids is 2. The Morgan fingerprint density at radius 2 is 1.72 bits per heavy atom. The third-order valence-electron chi connectivity index (χ3n) is 4.82. The second-order valence-electron chi connectivity index (χ2n) is 6.68. The van der Waals surface area contributed by atoms with Gasteiger partial charge in [-0.25, -0.2) is 9.88 Å². The van der Waals surface area contributed by atoms with Gasteiger partial charge < -0.3 is 4.74 Å². The molecule has 1 aliphatic heterocycles. The number of imide groups is 1. The maximum atomic E-state index is 13.4. The number of aromatic nitrogens is 2. The summed E-state index contributed by atoms with van der Waals surface area (Å²) < 4.78 is 44.9. The maximum Gasteiger partial charge on any atom is 0.417 e. The van der Waals surface area contributed by atoms with Crippen LogP contribution in [0.5, 0.6) is 5.88 Å². The number of halogens is 5. The number of pyridine rings is 2. The number of hydrogen-bond acceptors (Lipinski definition) is 5. The molecule has 0 aliphatic carbocycles. The fraction of sp³-hybridized carbons (Fsp3) is 0.143.